The van der Waals surface area contributed by atoms with Crippen LogP contribution >= 0.6 is 11.8 Å². The molecule has 0 spiro atoms. The fourth-order valence-electron chi connectivity index (χ4n) is 5.54. The normalized spacial score (nSPS) is 21.7. The number of amides is 2. The number of thioether (sulfide) groups is 1. The Labute approximate surface area is 217 Å². The summed E-state index contributed by atoms with van der Waals surface area (Å²) in [5.74, 6) is -0.578. The molecular weight excluding hydrogens is 477 g/mol. The summed E-state index contributed by atoms with van der Waals surface area (Å²) < 4.78 is 27.7. The number of halogens is 1. The SMILES string of the molecule is CSC(c1cccc(OCc2ccccc2)c1)C(C1CC1)C(F)C(=O)N1C(=O)OC(C)(C)C1C(C)C. The van der Waals surface area contributed by atoms with Gasteiger partial charge >= 0.3 is 6.09 Å². The van der Waals surface area contributed by atoms with Crippen molar-refractivity contribution in [2.75, 3.05) is 6.26 Å². The Hall–Kier alpha value is -2.54. The van der Waals surface area contributed by atoms with Gasteiger partial charge in [0.05, 0.1) is 6.04 Å². The van der Waals surface area contributed by atoms with Crippen LogP contribution in [-0.2, 0) is 16.1 Å². The molecule has 2 aromatic rings. The largest absolute Gasteiger partial charge is 0.489 e. The van der Waals surface area contributed by atoms with E-state index in [1.807, 2.05) is 74.7 Å². The van der Waals surface area contributed by atoms with Crippen molar-refractivity contribution in [3.63, 3.8) is 0 Å². The van der Waals surface area contributed by atoms with E-state index in [0.717, 1.165) is 28.9 Å². The molecule has 4 unspecified atom stereocenters. The number of ether oxygens (including phenoxy) is 2. The van der Waals surface area contributed by atoms with Crippen molar-refractivity contribution in [2.45, 2.75) is 70.2 Å². The zero-order valence-electron chi connectivity index (χ0n) is 21.6. The van der Waals surface area contributed by atoms with E-state index in [9.17, 15) is 9.59 Å². The van der Waals surface area contributed by atoms with Crippen LogP contribution in [-0.4, -0.2) is 41.0 Å². The van der Waals surface area contributed by atoms with Gasteiger partial charge in [-0.1, -0.05) is 56.3 Å². The first kappa shape index (κ1) is 26.5. The molecule has 1 saturated carbocycles. The predicted molar refractivity (Wildman–Crippen MR) is 141 cm³/mol. The van der Waals surface area contributed by atoms with E-state index in [1.54, 1.807) is 13.8 Å². The van der Waals surface area contributed by atoms with Crippen LogP contribution in [0, 0.1) is 17.8 Å². The molecule has 36 heavy (non-hydrogen) atoms. The summed E-state index contributed by atoms with van der Waals surface area (Å²) in [4.78, 5) is 27.3. The number of cyclic esters (lactones) is 1. The summed E-state index contributed by atoms with van der Waals surface area (Å²) >= 11 is 1.54. The average molecular weight is 514 g/mol. The Bertz CT molecular complexity index is 1070. The number of benzene rings is 2. The van der Waals surface area contributed by atoms with Gasteiger partial charge < -0.3 is 9.47 Å². The van der Waals surface area contributed by atoms with Crippen LogP contribution in [0.15, 0.2) is 54.6 Å². The highest BCUT2D eigenvalue weighted by Gasteiger charge is 2.55. The van der Waals surface area contributed by atoms with E-state index in [2.05, 4.69) is 0 Å². The van der Waals surface area contributed by atoms with Crippen LogP contribution in [0.5, 0.6) is 5.75 Å². The van der Waals surface area contributed by atoms with Gasteiger partial charge in [-0.3, -0.25) is 4.79 Å². The smallest absolute Gasteiger partial charge is 0.417 e. The van der Waals surface area contributed by atoms with Crippen LogP contribution in [0.25, 0.3) is 0 Å². The molecule has 1 aliphatic heterocycles. The third-order valence-electron chi connectivity index (χ3n) is 7.19. The highest BCUT2D eigenvalue weighted by Crippen LogP contribution is 2.51. The predicted octanol–water partition coefficient (Wildman–Crippen LogP) is 6.82. The number of carbonyl (C=O) groups is 2. The molecule has 1 heterocycles. The Morgan fingerprint density at radius 2 is 1.86 bits per heavy atom. The summed E-state index contributed by atoms with van der Waals surface area (Å²) in [5, 5.41) is -0.249. The molecule has 1 saturated heterocycles. The van der Waals surface area contributed by atoms with Crippen LogP contribution in [0.1, 0.15) is 56.9 Å². The van der Waals surface area contributed by atoms with Crippen LogP contribution in [0.3, 0.4) is 0 Å². The van der Waals surface area contributed by atoms with Crippen LogP contribution < -0.4 is 4.74 Å². The lowest BCUT2D eigenvalue weighted by atomic mass is 9.86. The van der Waals surface area contributed by atoms with Crippen molar-refractivity contribution < 1.29 is 23.5 Å². The van der Waals surface area contributed by atoms with Gasteiger partial charge in [-0.15, -0.1) is 0 Å². The summed E-state index contributed by atoms with van der Waals surface area (Å²) in [5.41, 5.74) is 1.12. The topological polar surface area (TPSA) is 55.8 Å². The average Bonchev–Trinajstić information content (AvgIpc) is 3.65. The van der Waals surface area contributed by atoms with Crippen molar-refractivity contribution in [1.82, 2.24) is 4.90 Å². The molecule has 2 aromatic carbocycles. The van der Waals surface area contributed by atoms with Crippen molar-refractivity contribution in [3.05, 3.63) is 65.7 Å². The Kier molecular flexibility index (Phi) is 7.98. The molecule has 0 bridgehead atoms. The highest BCUT2D eigenvalue weighted by molar-refractivity contribution is 7.98. The zero-order valence-corrected chi connectivity index (χ0v) is 22.5. The standard InChI is InChI=1S/C29H36FNO4S/c1-18(2)26-29(3,4)35-28(33)31(26)27(32)24(30)23(20-14-15-20)25(36-5)21-12-9-13-22(16-21)34-17-19-10-7-6-8-11-19/h6-13,16,18,20,23-26H,14-15,17H2,1-5H3. The van der Waals surface area contributed by atoms with E-state index >= 15 is 4.39 Å². The van der Waals surface area contributed by atoms with Crippen molar-refractivity contribution in [2.24, 2.45) is 17.8 Å². The Morgan fingerprint density at radius 1 is 1.17 bits per heavy atom. The highest BCUT2D eigenvalue weighted by atomic mass is 32.2. The molecule has 7 heteroatoms. The minimum atomic E-state index is -1.80. The van der Waals surface area contributed by atoms with Gasteiger partial charge in [-0.2, -0.15) is 11.8 Å². The molecule has 0 N–H and O–H groups in total. The van der Waals surface area contributed by atoms with Crippen molar-refractivity contribution in [3.8, 4) is 5.75 Å². The number of hydrogen-bond donors (Lipinski definition) is 0. The first-order valence-corrected chi connectivity index (χ1v) is 13.9. The molecule has 4 rings (SSSR count). The lowest BCUT2D eigenvalue weighted by molar-refractivity contribution is -0.138. The quantitative estimate of drug-likeness (QED) is 0.349. The third-order valence-corrected chi connectivity index (χ3v) is 8.28. The fourth-order valence-corrected chi connectivity index (χ4v) is 6.64. The maximum Gasteiger partial charge on any atom is 0.417 e. The van der Waals surface area contributed by atoms with Gasteiger partial charge in [0, 0.05) is 11.2 Å². The molecule has 2 aliphatic rings. The van der Waals surface area contributed by atoms with Crippen molar-refractivity contribution in [1.29, 1.82) is 0 Å². The minimum absolute atomic E-state index is 0.0585. The van der Waals surface area contributed by atoms with Gasteiger partial charge in [-0.05, 0) is 68.0 Å². The number of nitrogens with zero attached hydrogens (tertiary/aromatic N) is 1. The zero-order chi connectivity index (χ0) is 26.0. The third kappa shape index (κ3) is 5.56. The molecule has 194 valence electrons. The summed E-state index contributed by atoms with van der Waals surface area (Å²) in [7, 11) is 0. The molecule has 2 amide bonds. The van der Waals surface area contributed by atoms with E-state index in [1.165, 1.54) is 11.8 Å². The second-order valence-electron chi connectivity index (χ2n) is 10.7. The van der Waals surface area contributed by atoms with E-state index in [4.69, 9.17) is 9.47 Å². The first-order valence-electron chi connectivity index (χ1n) is 12.6. The molecule has 1 aliphatic carbocycles. The van der Waals surface area contributed by atoms with E-state index < -0.39 is 35.7 Å². The molecule has 2 fully saturated rings. The number of imide groups is 1. The Balaban J connectivity index is 1.56. The molecular formula is C29H36FNO4S. The number of rotatable bonds is 10. The minimum Gasteiger partial charge on any atom is -0.489 e. The van der Waals surface area contributed by atoms with Gasteiger partial charge in [0.25, 0.3) is 5.91 Å². The molecule has 0 radical (unpaired) electrons. The second kappa shape index (κ2) is 10.8. The lowest BCUT2D eigenvalue weighted by Gasteiger charge is -2.34. The monoisotopic (exact) mass is 513 g/mol. The lowest BCUT2D eigenvalue weighted by Crippen LogP contribution is -2.52. The van der Waals surface area contributed by atoms with Crippen LogP contribution in [0.4, 0.5) is 9.18 Å². The van der Waals surface area contributed by atoms with E-state index in [-0.39, 0.29) is 17.1 Å². The summed E-state index contributed by atoms with van der Waals surface area (Å²) in [6, 6.07) is 17.1. The second-order valence-corrected chi connectivity index (χ2v) is 11.7. The maximum atomic E-state index is 16.2. The van der Waals surface area contributed by atoms with Gasteiger partial charge in [0.2, 0.25) is 0 Å². The summed E-state index contributed by atoms with van der Waals surface area (Å²) in [6.45, 7) is 7.84. The van der Waals surface area contributed by atoms with Gasteiger partial charge in [-0.25, -0.2) is 14.1 Å². The van der Waals surface area contributed by atoms with Gasteiger partial charge in [0.1, 0.15) is 18.0 Å². The molecule has 5 nitrogen and oxygen atoms in total. The molecule has 4 atom stereocenters. The van der Waals surface area contributed by atoms with Gasteiger partial charge in [0.15, 0.2) is 6.17 Å². The Morgan fingerprint density at radius 3 is 2.47 bits per heavy atom. The van der Waals surface area contributed by atoms with Crippen molar-refractivity contribution >= 4 is 23.8 Å². The number of carbonyl (C=O) groups excluding carboxylic acids is 2. The van der Waals surface area contributed by atoms with Crippen LogP contribution in [0.2, 0.25) is 0 Å². The maximum absolute atomic E-state index is 16.2. The molecule has 0 aromatic heterocycles. The number of hydrogen-bond acceptors (Lipinski definition) is 5. The van der Waals surface area contributed by atoms with E-state index in [0.29, 0.717) is 12.4 Å². The fraction of sp³-hybridized carbons (Fsp3) is 0.517. The first-order chi connectivity index (χ1) is 17.1. The number of alkyl halides is 1. The summed E-state index contributed by atoms with van der Waals surface area (Å²) in [6.07, 6.45) is 1.15.